The molecule has 5 nitrogen and oxygen atoms in total. The van der Waals surface area contributed by atoms with Crippen molar-refractivity contribution in [3.05, 3.63) is 35.1 Å². The lowest BCUT2D eigenvalue weighted by molar-refractivity contribution is -0.125. The number of carboxylic acids is 1. The number of halogens is 1. The Kier molecular flexibility index (Phi) is 4.61. The summed E-state index contributed by atoms with van der Waals surface area (Å²) in [5, 5.41) is 11.7. The second kappa shape index (κ2) is 5.79. The van der Waals surface area contributed by atoms with Gasteiger partial charge in [0.15, 0.2) is 0 Å². The average Bonchev–Trinajstić information content (AvgIpc) is 2.30. The Morgan fingerprint density at radius 2 is 2.05 bits per heavy atom. The van der Waals surface area contributed by atoms with Gasteiger partial charge in [0.2, 0.25) is 5.91 Å². The number of carbonyl (C=O) groups excluding carboxylic acids is 1. The van der Waals surface area contributed by atoms with Gasteiger partial charge in [-0.15, -0.1) is 0 Å². The second-order valence-corrected chi connectivity index (χ2v) is 4.96. The van der Waals surface area contributed by atoms with Crippen molar-refractivity contribution in [3.8, 4) is 0 Å². The van der Waals surface area contributed by atoms with Gasteiger partial charge in [0.1, 0.15) is 5.82 Å². The predicted octanol–water partition coefficient (Wildman–Crippen LogP) is 1.12. The number of nitrogens with one attached hydrogen (secondary N) is 1. The number of carboxylic acid groups (broad SMARTS) is 1. The van der Waals surface area contributed by atoms with Crippen molar-refractivity contribution < 1.29 is 19.1 Å². The van der Waals surface area contributed by atoms with Gasteiger partial charge in [-0.3, -0.25) is 4.79 Å². The highest BCUT2D eigenvalue weighted by Gasteiger charge is 2.24. The molecule has 0 spiro atoms. The SMILES string of the molecule is CC(C)(CNCc1cc(C(=O)O)ccc1F)C(N)=O. The summed E-state index contributed by atoms with van der Waals surface area (Å²) in [7, 11) is 0. The fraction of sp³-hybridized carbons (Fsp3) is 0.385. The molecule has 0 aliphatic carbocycles. The van der Waals surface area contributed by atoms with Crippen LogP contribution in [0.4, 0.5) is 4.39 Å². The van der Waals surface area contributed by atoms with Crippen LogP contribution in [0.5, 0.6) is 0 Å². The monoisotopic (exact) mass is 268 g/mol. The lowest BCUT2D eigenvalue weighted by Gasteiger charge is -2.20. The Hall–Kier alpha value is -1.95. The van der Waals surface area contributed by atoms with Crippen molar-refractivity contribution in [3.63, 3.8) is 0 Å². The van der Waals surface area contributed by atoms with Gasteiger partial charge in [-0.1, -0.05) is 0 Å². The molecule has 1 amide bonds. The van der Waals surface area contributed by atoms with E-state index in [1.807, 2.05) is 0 Å². The molecule has 0 unspecified atom stereocenters. The largest absolute Gasteiger partial charge is 0.478 e. The van der Waals surface area contributed by atoms with Crippen molar-refractivity contribution in [2.75, 3.05) is 6.54 Å². The van der Waals surface area contributed by atoms with Gasteiger partial charge in [-0.2, -0.15) is 0 Å². The first-order valence-electron chi connectivity index (χ1n) is 5.76. The minimum absolute atomic E-state index is 0.0207. The Bertz CT molecular complexity index is 501. The number of primary amides is 1. The van der Waals surface area contributed by atoms with Crippen LogP contribution >= 0.6 is 0 Å². The third kappa shape index (κ3) is 4.03. The van der Waals surface area contributed by atoms with Crippen molar-refractivity contribution in [1.82, 2.24) is 5.32 Å². The quantitative estimate of drug-likeness (QED) is 0.721. The van der Waals surface area contributed by atoms with Crippen molar-refractivity contribution in [2.45, 2.75) is 20.4 Å². The van der Waals surface area contributed by atoms with E-state index in [2.05, 4.69) is 5.32 Å². The van der Waals surface area contributed by atoms with Crippen molar-refractivity contribution in [2.24, 2.45) is 11.1 Å². The molecular formula is C13H17FN2O3. The van der Waals surface area contributed by atoms with Crippen molar-refractivity contribution >= 4 is 11.9 Å². The lowest BCUT2D eigenvalue weighted by Crippen LogP contribution is -2.40. The smallest absolute Gasteiger partial charge is 0.335 e. The molecule has 6 heteroatoms. The molecule has 1 aromatic rings. The van der Waals surface area contributed by atoms with Crippen LogP contribution in [0.15, 0.2) is 18.2 Å². The van der Waals surface area contributed by atoms with E-state index in [-0.39, 0.29) is 24.2 Å². The molecule has 19 heavy (non-hydrogen) atoms. The molecule has 0 atom stereocenters. The number of hydrogen-bond donors (Lipinski definition) is 3. The summed E-state index contributed by atoms with van der Waals surface area (Å²) in [5.74, 6) is -2.06. The van der Waals surface area contributed by atoms with Crippen LogP contribution in [0.25, 0.3) is 0 Å². The minimum Gasteiger partial charge on any atom is -0.478 e. The van der Waals surface area contributed by atoms with Gasteiger partial charge in [0, 0.05) is 18.7 Å². The van der Waals surface area contributed by atoms with E-state index in [1.165, 1.54) is 12.1 Å². The first kappa shape index (κ1) is 15.1. The lowest BCUT2D eigenvalue weighted by atomic mass is 9.92. The zero-order valence-corrected chi connectivity index (χ0v) is 10.9. The van der Waals surface area contributed by atoms with Gasteiger partial charge >= 0.3 is 5.97 Å². The topological polar surface area (TPSA) is 92.4 Å². The molecule has 0 radical (unpaired) electrons. The van der Waals surface area contributed by atoms with Crippen LogP contribution in [0.2, 0.25) is 0 Å². The summed E-state index contributed by atoms with van der Waals surface area (Å²) in [5.41, 5.74) is 4.72. The molecule has 1 rings (SSSR count). The first-order valence-corrected chi connectivity index (χ1v) is 5.76. The van der Waals surface area contributed by atoms with Crippen molar-refractivity contribution in [1.29, 1.82) is 0 Å². The third-order valence-electron chi connectivity index (χ3n) is 2.84. The normalized spacial score (nSPS) is 11.3. The number of carbonyl (C=O) groups is 2. The van der Waals surface area contributed by atoms with E-state index >= 15 is 0 Å². The summed E-state index contributed by atoms with van der Waals surface area (Å²) in [6, 6.07) is 3.58. The summed E-state index contributed by atoms with van der Waals surface area (Å²) >= 11 is 0. The molecule has 4 N–H and O–H groups in total. The predicted molar refractivity (Wildman–Crippen MR) is 68.0 cm³/mol. The van der Waals surface area contributed by atoms with E-state index in [9.17, 15) is 14.0 Å². The zero-order valence-electron chi connectivity index (χ0n) is 10.9. The van der Waals surface area contributed by atoms with E-state index in [0.717, 1.165) is 6.07 Å². The Balaban J connectivity index is 2.70. The van der Waals surface area contributed by atoms with Gasteiger partial charge in [-0.25, -0.2) is 9.18 Å². The molecule has 0 saturated heterocycles. The van der Waals surface area contributed by atoms with E-state index in [4.69, 9.17) is 10.8 Å². The van der Waals surface area contributed by atoms with Crippen LogP contribution in [0.3, 0.4) is 0 Å². The van der Waals surface area contributed by atoms with Crippen LogP contribution in [-0.2, 0) is 11.3 Å². The van der Waals surface area contributed by atoms with Crippen LogP contribution < -0.4 is 11.1 Å². The molecule has 0 fully saturated rings. The summed E-state index contributed by atoms with van der Waals surface area (Å²) < 4.78 is 13.5. The summed E-state index contributed by atoms with van der Waals surface area (Å²) in [6.07, 6.45) is 0. The molecule has 104 valence electrons. The van der Waals surface area contributed by atoms with Gasteiger partial charge in [0.25, 0.3) is 0 Å². The van der Waals surface area contributed by atoms with E-state index < -0.39 is 23.1 Å². The number of hydrogen-bond acceptors (Lipinski definition) is 3. The molecule has 0 aromatic heterocycles. The van der Waals surface area contributed by atoms with E-state index in [1.54, 1.807) is 13.8 Å². The number of benzene rings is 1. The Morgan fingerprint density at radius 3 is 2.58 bits per heavy atom. The Morgan fingerprint density at radius 1 is 1.42 bits per heavy atom. The highest BCUT2D eigenvalue weighted by Crippen LogP contribution is 2.14. The van der Waals surface area contributed by atoms with Crippen LogP contribution in [-0.4, -0.2) is 23.5 Å². The second-order valence-electron chi connectivity index (χ2n) is 4.96. The molecular weight excluding hydrogens is 251 g/mol. The number of aromatic carboxylic acids is 1. The van der Waals surface area contributed by atoms with Gasteiger partial charge in [-0.05, 0) is 32.0 Å². The average molecular weight is 268 g/mol. The fourth-order valence-electron chi connectivity index (χ4n) is 1.44. The molecule has 1 aromatic carbocycles. The number of amides is 1. The summed E-state index contributed by atoms with van der Waals surface area (Å²) in [6.45, 7) is 3.75. The van der Waals surface area contributed by atoms with Crippen LogP contribution in [0, 0.1) is 11.2 Å². The van der Waals surface area contributed by atoms with Gasteiger partial charge < -0.3 is 16.2 Å². The highest BCUT2D eigenvalue weighted by atomic mass is 19.1. The molecule has 0 heterocycles. The molecule has 0 aliphatic rings. The van der Waals surface area contributed by atoms with E-state index in [0.29, 0.717) is 0 Å². The molecule has 0 bridgehead atoms. The summed E-state index contributed by atoms with van der Waals surface area (Å²) in [4.78, 5) is 21.9. The number of rotatable bonds is 6. The maximum Gasteiger partial charge on any atom is 0.335 e. The number of nitrogens with two attached hydrogens (primary N) is 1. The minimum atomic E-state index is -1.11. The third-order valence-corrected chi connectivity index (χ3v) is 2.84. The maximum absolute atomic E-state index is 13.5. The first-order chi connectivity index (χ1) is 8.74. The maximum atomic E-state index is 13.5. The van der Waals surface area contributed by atoms with Gasteiger partial charge in [0.05, 0.1) is 11.0 Å². The molecule has 0 saturated carbocycles. The highest BCUT2D eigenvalue weighted by molar-refractivity contribution is 5.87. The Labute approximate surface area is 110 Å². The standard InChI is InChI=1S/C13H17FN2O3/c1-13(2,12(15)19)7-16-6-9-5-8(11(17)18)3-4-10(9)14/h3-5,16H,6-7H2,1-2H3,(H2,15,19)(H,17,18). The molecule has 0 aliphatic heterocycles. The van der Waals surface area contributed by atoms with Crippen LogP contribution in [0.1, 0.15) is 29.8 Å². The zero-order chi connectivity index (χ0) is 14.6. The fourth-order valence-corrected chi connectivity index (χ4v) is 1.44.